The molecule has 0 bridgehead atoms. The van der Waals surface area contributed by atoms with Crippen molar-refractivity contribution in [2.24, 2.45) is 0 Å². The van der Waals surface area contributed by atoms with E-state index in [0.29, 0.717) is 11.1 Å². The molecule has 0 spiro atoms. The van der Waals surface area contributed by atoms with Crippen molar-refractivity contribution in [1.29, 1.82) is 0 Å². The van der Waals surface area contributed by atoms with Crippen LogP contribution >= 0.6 is 34.5 Å². The minimum atomic E-state index is 0.301. The van der Waals surface area contributed by atoms with Gasteiger partial charge in [-0.05, 0) is 59.5 Å². The van der Waals surface area contributed by atoms with E-state index in [-0.39, 0.29) is 0 Å². The lowest BCUT2D eigenvalue weighted by atomic mass is 9.98. The van der Waals surface area contributed by atoms with Crippen LogP contribution in [0.5, 0.6) is 0 Å². The fourth-order valence-electron chi connectivity index (χ4n) is 2.17. The Morgan fingerprint density at radius 3 is 2.63 bits per heavy atom. The van der Waals surface area contributed by atoms with E-state index < -0.39 is 0 Å². The smallest absolute Gasteiger partial charge is 0.0453 e. The van der Waals surface area contributed by atoms with Gasteiger partial charge in [-0.2, -0.15) is 11.3 Å². The maximum atomic E-state index is 6.27. The van der Waals surface area contributed by atoms with Gasteiger partial charge in [0.2, 0.25) is 0 Å². The van der Waals surface area contributed by atoms with Crippen LogP contribution in [0.1, 0.15) is 29.7 Å². The number of thiophene rings is 1. The molecular formula is C15H17Cl2NS. The summed E-state index contributed by atoms with van der Waals surface area (Å²) < 4.78 is 0. The second-order valence-corrected chi connectivity index (χ2v) is 6.15. The van der Waals surface area contributed by atoms with Gasteiger partial charge in [0.1, 0.15) is 0 Å². The van der Waals surface area contributed by atoms with Gasteiger partial charge in [-0.1, -0.05) is 36.2 Å². The summed E-state index contributed by atoms with van der Waals surface area (Å²) in [5.74, 6) is 0. The Bertz CT molecular complexity index is 551. The third-order valence-electron chi connectivity index (χ3n) is 3.16. The Balaban J connectivity index is 2.24. The van der Waals surface area contributed by atoms with E-state index in [1.54, 1.807) is 11.3 Å². The summed E-state index contributed by atoms with van der Waals surface area (Å²) in [5, 5.41) is 9.35. The Kier molecular flexibility index (Phi) is 5.28. The molecule has 0 aliphatic rings. The summed E-state index contributed by atoms with van der Waals surface area (Å²) in [5.41, 5.74) is 3.82. The van der Waals surface area contributed by atoms with Crippen LogP contribution in [0.25, 0.3) is 0 Å². The largest absolute Gasteiger partial charge is 0.310 e. The van der Waals surface area contributed by atoms with Crippen molar-refractivity contribution in [2.75, 3.05) is 6.54 Å². The van der Waals surface area contributed by atoms with E-state index in [0.717, 1.165) is 23.6 Å². The fourth-order valence-corrected chi connectivity index (χ4v) is 3.56. The number of rotatable bonds is 5. The minimum Gasteiger partial charge on any atom is -0.310 e. The zero-order valence-corrected chi connectivity index (χ0v) is 13.4. The summed E-state index contributed by atoms with van der Waals surface area (Å²) in [6, 6.07) is 6.01. The zero-order chi connectivity index (χ0) is 13.8. The molecule has 0 aliphatic heterocycles. The van der Waals surface area contributed by atoms with Gasteiger partial charge in [-0.3, -0.25) is 0 Å². The van der Waals surface area contributed by atoms with Crippen LogP contribution in [-0.4, -0.2) is 6.54 Å². The van der Waals surface area contributed by atoms with Crippen LogP contribution < -0.4 is 5.32 Å². The van der Waals surface area contributed by atoms with Crippen LogP contribution in [0.2, 0.25) is 10.0 Å². The first kappa shape index (κ1) is 14.9. The highest BCUT2D eigenvalue weighted by Gasteiger charge is 2.15. The number of halogens is 2. The molecule has 1 heterocycles. The second-order valence-electron chi connectivity index (χ2n) is 4.56. The van der Waals surface area contributed by atoms with Gasteiger partial charge in [0.25, 0.3) is 0 Å². The summed E-state index contributed by atoms with van der Waals surface area (Å²) in [6.45, 7) is 5.21. The Morgan fingerprint density at radius 1 is 1.26 bits per heavy atom. The maximum absolute atomic E-state index is 6.27. The molecule has 19 heavy (non-hydrogen) atoms. The van der Waals surface area contributed by atoms with Crippen molar-refractivity contribution in [1.82, 2.24) is 5.32 Å². The van der Waals surface area contributed by atoms with Crippen molar-refractivity contribution in [3.05, 3.63) is 55.7 Å². The number of hydrogen-bond acceptors (Lipinski definition) is 2. The molecule has 2 aromatic rings. The minimum absolute atomic E-state index is 0.301. The number of benzene rings is 1. The fraction of sp³-hybridized carbons (Fsp3) is 0.333. The third kappa shape index (κ3) is 3.73. The molecule has 102 valence electrons. The van der Waals surface area contributed by atoms with Crippen molar-refractivity contribution < 1.29 is 0 Å². The highest BCUT2D eigenvalue weighted by atomic mass is 35.5. The van der Waals surface area contributed by atoms with Crippen molar-refractivity contribution in [3.63, 3.8) is 0 Å². The highest BCUT2D eigenvalue weighted by molar-refractivity contribution is 7.08. The predicted octanol–water partition coefficient (Wildman–Crippen LogP) is 5.26. The van der Waals surface area contributed by atoms with Crippen LogP contribution in [0.15, 0.2) is 29.0 Å². The lowest BCUT2D eigenvalue weighted by molar-refractivity contribution is 0.549. The Morgan fingerprint density at radius 2 is 2.05 bits per heavy atom. The highest BCUT2D eigenvalue weighted by Crippen LogP contribution is 2.29. The molecule has 0 amide bonds. The van der Waals surface area contributed by atoms with E-state index in [1.807, 2.05) is 18.2 Å². The Hall–Kier alpha value is -0.540. The molecule has 1 atom stereocenters. The first-order valence-electron chi connectivity index (χ1n) is 6.31. The summed E-state index contributed by atoms with van der Waals surface area (Å²) in [4.78, 5) is 0. The standard InChI is InChI=1S/C15H17Cl2NS/c1-3-18-15(13-9-19-8-10(13)2)6-11-4-5-12(16)7-14(11)17/h4-5,7-9,15,18H,3,6H2,1-2H3. The molecule has 2 rings (SSSR count). The van der Waals surface area contributed by atoms with E-state index >= 15 is 0 Å². The third-order valence-corrected chi connectivity index (χ3v) is 4.63. The molecule has 0 radical (unpaired) electrons. The topological polar surface area (TPSA) is 12.0 Å². The zero-order valence-electron chi connectivity index (χ0n) is 11.0. The van der Waals surface area contributed by atoms with Gasteiger partial charge >= 0.3 is 0 Å². The number of nitrogens with one attached hydrogen (secondary N) is 1. The number of likely N-dealkylation sites (N-methyl/N-ethyl adjacent to an activating group) is 1. The first-order valence-corrected chi connectivity index (χ1v) is 8.01. The molecule has 1 aromatic carbocycles. The van der Waals surface area contributed by atoms with Crippen molar-refractivity contribution >= 4 is 34.5 Å². The summed E-state index contributed by atoms with van der Waals surface area (Å²) >= 11 is 13.9. The SMILES string of the molecule is CCNC(Cc1ccc(Cl)cc1Cl)c1cscc1C. The predicted molar refractivity (Wildman–Crippen MR) is 85.6 cm³/mol. The number of hydrogen-bond donors (Lipinski definition) is 1. The monoisotopic (exact) mass is 313 g/mol. The number of aryl methyl sites for hydroxylation is 1. The van der Waals surface area contributed by atoms with Gasteiger partial charge in [0.15, 0.2) is 0 Å². The molecule has 0 saturated heterocycles. The normalized spacial score (nSPS) is 12.6. The van der Waals surface area contributed by atoms with Gasteiger partial charge in [0, 0.05) is 16.1 Å². The van der Waals surface area contributed by atoms with Gasteiger partial charge in [-0.25, -0.2) is 0 Å². The van der Waals surface area contributed by atoms with Crippen LogP contribution in [0.3, 0.4) is 0 Å². The summed E-state index contributed by atoms with van der Waals surface area (Å²) in [7, 11) is 0. The molecular weight excluding hydrogens is 297 g/mol. The molecule has 1 unspecified atom stereocenters. The average molecular weight is 314 g/mol. The van der Waals surface area contributed by atoms with Crippen LogP contribution in [0.4, 0.5) is 0 Å². The molecule has 1 nitrogen and oxygen atoms in total. The van der Waals surface area contributed by atoms with Gasteiger partial charge in [-0.15, -0.1) is 0 Å². The lowest BCUT2D eigenvalue weighted by Gasteiger charge is -2.19. The van der Waals surface area contributed by atoms with E-state index in [2.05, 4.69) is 29.9 Å². The summed E-state index contributed by atoms with van der Waals surface area (Å²) in [6.07, 6.45) is 0.876. The molecule has 1 aromatic heterocycles. The van der Waals surface area contributed by atoms with Crippen molar-refractivity contribution in [2.45, 2.75) is 26.3 Å². The molecule has 0 saturated carbocycles. The molecule has 0 fully saturated rings. The van der Waals surface area contributed by atoms with Crippen molar-refractivity contribution in [3.8, 4) is 0 Å². The Labute approximate surface area is 128 Å². The maximum Gasteiger partial charge on any atom is 0.0453 e. The van der Waals surface area contributed by atoms with E-state index in [4.69, 9.17) is 23.2 Å². The van der Waals surface area contributed by atoms with Gasteiger partial charge in [0.05, 0.1) is 0 Å². The first-order chi connectivity index (χ1) is 9.11. The quantitative estimate of drug-likeness (QED) is 0.794. The van der Waals surface area contributed by atoms with E-state index in [1.165, 1.54) is 11.1 Å². The van der Waals surface area contributed by atoms with E-state index in [9.17, 15) is 0 Å². The second kappa shape index (κ2) is 6.76. The van der Waals surface area contributed by atoms with Crippen LogP contribution in [-0.2, 0) is 6.42 Å². The van der Waals surface area contributed by atoms with Gasteiger partial charge < -0.3 is 5.32 Å². The van der Waals surface area contributed by atoms with Crippen LogP contribution in [0, 0.1) is 6.92 Å². The molecule has 1 N–H and O–H groups in total. The molecule has 0 aliphatic carbocycles. The lowest BCUT2D eigenvalue weighted by Crippen LogP contribution is -2.23. The average Bonchev–Trinajstić information content (AvgIpc) is 2.78. The molecule has 4 heteroatoms.